The van der Waals surface area contributed by atoms with Gasteiger partial charge in [0.2, 0.25) is 0 Å². The highest BCUT2D eigenvalue weighted by molar-refractivity contribution is 5.88. The predicted molar refractivity (Wildman–Crippen MR) is 102 cm³/mol. The van der Waals surface area contributed by atoms with Gasteiger partial charge in [0, 0.05) is 22.6 Å². The van der Waals surface area contributed by atoms with Gasteiger partial charge in [-0.25, -0.2) is 0 Å². The second-order valence-corrected chi connectivity index (χ2v) is 8.94. The number of carbonyl (C=O) groups is 2. The number of amides is 1. The molecule has 4 aliphatic rings. The van der Waals surface area contributed by atoms with Crippen molar-refractivity contribution in [2.75, 3.05) is 6.61 Å². The molecule has 4 saturated carbocycles. The summed E-state index contributed by atoms with van der Waals surface area (Å²) in [5, 5.41) is 4.27. The number of esters is 1. The molecule has 4 fully saturated rings. The molecule has 6 rings (SSSR count). The van der Waals surface area contributed by atoms with Gasteiger partial charge in [-0.15, -0.1) is 0 Å². The van der Waals surface area contributed by atoms with E-state index in [-0.39, 0.29) is 30.4 Å². The molecule has 2 N–H and O–H groups in total. The zero-order chi connectivity index (χ0) is 18.4. The molecule has 5 nitrogen and oxygen atoms in total. The van der Waals surface area contributed by atoms with Crippen molar-refractivity contribution < 1.29 is 14.3 Å². The van der Waals surface area contributed by atoms with Gasteiger partial charge < -0.3 is 15.0 Å². The summed E-state index contributed by atoms with van der Waals surface area (Å²) in [7, 11) is 0. The van der Waals surface area contributed by atoms with E-state index in [2.05, 4.69) is 10.3 Å². The van der Waals surface area contributed by atoms with Gasteiger partial charge in [-0.3, -0.25) is 9.59 Å². The largest absolute Gasteiger partial charge is 0.455 e. The Kier molecular flexibility index (Phi) is 3.99. The van der Waals surface area contributed by atoms with Crippen LogP contribution in [0.4, 0.5) is 0 Å². The number of H-pyrrole nitrogens is 1. The highest BCUT2D eigenvalue weighted by Gasteiger charge is 2.51. The molecule has 0 spiro atoms. The normalized spacial score (nSPS) is 31.2. The quantitative estimate of drug-likeness (QED) is 0.797. The molecule has 1 heterocycles. The molecule has 27 heavy (non-hydrogen) atoms. The minimum atomic E-state index is -0.361. The Hall–Kier alpha value is -2.30. The summed E-state index contributed by atoms with van der Waals surface area (Å²) in [6, 6.07) is 7.86. The second kappa shape index (κ2) is 6.39. The summed E-state index contributed by atoms with van der Waals surface area (Å²) >= 11 is 0. The van der Waals surface area contributed by atoms with Crippen LogP contribution >= 0.6 is 0 Å². The standard InChI is InChI=1S/C22H26N2O3/c25-20(24-22-9-14-5-15(10-22)7-16(6-14)11-22)13-27-21(26)8-17-12-23-19-4-2-1-3-18(17)19/h1-4,12,14-16,23H,5-11,13H2,(H,24,25). The summed E-state index contributed by atoms with van der Waals surface area (Å²) in [4.78, 5) is 27.8. The third-order valence-corrected chi connectivity index (χ3v) is 6.82. The van der Waals surface area contributed by atoms with Crippen LogP contribution in [0.15, 0.2) is 30.5 Å². The van der Waals surface area contributed by atoms with Gasteiger partial charge in [0.15, 0.2) is 6.61 Å². The molecule has 0 unspecified atom stereocenters. The number of benzene rings is 1. The maximum Gasteiger partial charge on any atom is 0.310 e. The van der Waals surface area contributed by atoms with Crippen molar-refractivity contribution in [2.45, 2.75) is 50.5 Å². The third kappa shape index (κ3) is 3.24. The van der Waals surface area contributed by atoms with Crippen LogP contribution in [0, 0.1) is 17.8 Å². The lowest BCUT2D eigenvalue weighted by atomic mass is 9.53. The number of ether oxygens (including phenoxy) is 1. The molecule has 0 atom stereocenters. The van der Waals surface area contributed by atoms with Gasteiger partial charge in [-0.2, -0.15) is 0 Å². The summed E-state index contributed by atoms with van der Waals surface area (Å²) < 4.78 is 5.28. The van der Waals surface area contributed by atoms with Gasteiger partial charge in [0.25, 0.3) is 5.91 Å². The number of carbonyl (C=O) groups excluding carboxylic acids is 2. The minimum Gasteiger partial charge on any atom is -0.455 e. The fourth-order valence-corrected chi connectivity index (χ4v) is 6.23. The van der Waals surface area contributed by atoms with Crippen molar-refractivity contribution in [2.24, 2.45) is 17.8 Å². The number of hydrogen-bond acceptors (Lipinski definition) is 3. The number of para-hydroxylation sites is 1. The van der Waals surface area contributed by atoms with Crippen LogP contribution in [-0.2, 0) is 20.7 Å². The molecule has 4 bridgehead atoms. The van der Waals surface area contributed by atoms with Gasteiger partial charge >= 0.3 is 5.97 Å². The third-order valence-electron chi connectivity index (χ3n) is 6.82. The first-order chi connectivity index (χ1) is 13.1. The van der Waals surface area contributed by atoms with Crippen LogP contribution < -0.4 is 5.32 Å². The van der Waals surface area contributed by atoms with E-state index in [0.717, 1.165) is 53.5 Å². The lowest BCUT2D eigenvalue weighted by molar-refractivity contribution is -0.149. The average molecular weight is 366 g/mol. The van der Waals surface area contributed by atoms with Crippen LogP contribution in [0.5, 0.6) is 0 Å². The van der Waals surface area contributed by atoms with Crippen molar-refractivity contribution in [1.29, 1.82) is 0 Å². The van der Waals surface area contributed by atoms with E-state index in [4.69, 9.17) is 4.74 Å². The maximum absolute atomic E-state index is 12.5. The van der Waals surface area contributed by atoms with Crippen molar-refractivity contribution in [3.8, 4) is 0 Å². The Balaban J connectivity index is 1.16. The Morgan fingerprint density at radius 2 is 1.74 bits per heavy atom. The van der Waals surface area contributed by atoms with E-state index in [9.17, 15) is 9.59 Å². The number of rotatable bonds is 5. The van der Waals surface area contributed by atoms with Gasteiger partial charge in [0.05, 0.1) is 6.42 Å². The van der Waals surface area contributed by atoms with Crippen LogP contribution in [0.1, 0.15) is 44.1 Å². The fraction of sp³-hybridized carbons (Fsp3) is 0.545. The fourth-order valence-electron chi connectivity index (χ4n) is 6.23. The summed E-state index contributed by atoms with van der Waals surface area (Å²) in [5.74, 6) is 1.83. The number of aromatic nitrogens is 1. The lowest BCUT2D eigenvalue weighted by Crippen LogP contribution is -2.60. The molecule has 0 saturated heterocycles. The van der Waals surface area contributed by atoms with E-state index in [1.54, 1.807) is 0 Å². The topological polar surface area (TPSA) is 71.2 Å². The number of nitrogens with one attached hydrogen (secondary N) is 2. The van der Waals surface area contributed by atoms with Gasteiger partial charge in [-0.05, 0) is 67.9 Å². The molecular weight excluding hydrogens is 340 g/mol. The first-order valence-corrected chi connectivity index (χ1v) is 10.1. The highest BCUT2D eigenvalue weighted by Crippen LogP contribution is 2.55. The first-order valence-electron chi connectivity index (χ1n) is 10.1. The van der Waals surface area contributed by atoms with Crippen LogP contribution in [-0.4, -0.2) is 29.0 Å². The predicted octanol–water partition coefficient (Wildman–Crippen LogP) is 3.34. The number of hydrogen-bond donors (Lipinski definition) is 2. The Morgan fingerprint density at radius 3 is 2.44 bits per heavy atom. The zero-order valence-electron chi connectivity index (χ0n) is 15.5. The average Bonchev–Trinajstić information content (AvgIpc) is 3.01. The van der Waals surface area contributed by atoms with E-state index < -0.39 is 0 Å². The second-order valence-electron chi connectivity index (χ2n) is 8.94. The molecule has 1 aromatic heterocycles. The summed E-state index contributed by atoms with van der Waals surface area (Å²) in [6.07, 6.45) is 9.35. The molecule has 1 amide bonds. The van der Waals surface area contributed by atoms with E-state index >= 15 is 0 Å². The monoisotopic (exact) mass is 366 g/mol. The van der Waals surface area contributed by atoms with E-state index in [0.29, 0.717) is 0 Å². The lowest BCUT2D eigenvalue weighted by Gasteiger charge is -2.56. The number of aromatic amines is 1. The van der Waals surface area contributed by atoms with E-state index in [1.165, 1.54) is 19.3 Å². The van der Waals surface area contributed by atoms with E-state index in [1.807, 2.05) is 30.5 Å². The molecule has 1 aromatic carbocycles. The smallest absolute Gasteiger partial charge is 0.310 e. The minimum absolute atomic E-state index is 0.0327. The number of fused-ring (bicyclic) bond motifs is 1. The SMILES string of the molecule is O=C(COC(=O)Cc1c[nH]c2ccccc12)NC12CC3CC(CC(C3)C1)C2. The zero-order valence-corrected chi connectivity index (χ0v) is 15.5. The molecule has 0 radical (unpaired) electrons. The van der Waals surface area contributed by atoms with Crippen LogP contribution in [0.2, 0.25) is 0 Å². The van der Waals surface area contributed by atoms with Crippen molar-refractivity contribution in [1.82, 2.24) is 10.3 Å². The highest BCUT2D eigenvalue weighted by atomic mass is 16.5. The van der Waals surface area contributed by atoms with Crippen molar-refractivity contribution in [3.05, 3.63) is 36.0 Å². The molecular formula is C22H26N2O3. The van der Waals surface area contributed by atoms with Crippen LogP contribution in [0.3, 0.4) is 0 Å². The maximum atomic E-state index is 12.5. The Bertz CT molecular complexity index is 849. The molecule has 5 heteroatoms. The summed E-state index contributed by atoms with van der Waals surface area (Å²) in [5.41, 5.74) is 1.87. The first kappa shape index (κ1) is 16.8. The molecule has 2 aromatic rings. The van der Waals surface area contributed by atoms with Crippen LogP contribution in [0.25, 0.3) is 10.9 Å². The van der Waals surface area contributed by atoms with Crippen molar-refractivity contribution >= 4 is 22.8 Å². The molecule has 142 valence electrons. The Labute approximate surface area is 158 Å². The molecule has 4 aliphatic carbocycles. The molecule has 0 aliphatic heterocycles. The Morgan fingerprint density at radius 1 is 1.07 bits per heavy atom. The summed E-state index contributed by atoms with van der Waals surface area (Å²) in [6.45, 7) is -0.178. The van der Waals surface area contributed by atoms with Crippen molar-refractivity contribution in [3.63, 3.8) is 0 Å². The van der Waals surface area contributed by atoms with Gasteiger partial charge in [-0.1, -0.05) is 18.2 Å². The van der Waals surface area contributed by atoms with Gasteiger partial charge in [0.1, 0.15) is 0 Å².